The zero-order valence-electron chi connectivity index (χ0n) is 10.6. The molecule has 0 amide bonds. The number of aryl methyl sites for hydroxylation is 1. The Hall–Kier alpha value is -0.210. The standard InChI is InChI=1S/C11H17ClN2O3S2/c1-8-9(18-10(12)14-8)19(16,17)13-7-11(15)5-3-2-4-6-11/h13,15H,2-7H2,1H3. The van der Waals surface area contributed by atoms with E-state index in [1.807, 2.05) is 0 Å². The number of thiazole rings is 1. The van der Waals surface area contributed by atoms with E-state index in [0.29, 0.717) is 18.5 Å². The third-order valence-electron chi connectivity index (χ3n) is 3.35. The van der Waals surface area contributed by atoms with E-state index in [1.54, 1.807) is 6.92 Å². The van der Waals surface area contributed by atoms with Crippen molar-refractivity contribution in [3.05, 3.63) is 10.2 Å². The van der Waals surface area contributed by atoms with Crippen molar-refractivity contribution < 1.29 is 13.5 Å². The second kappa shape index (κ2) is 5.65. The summed E-state index contributed by atoms with van der Waals surface area (Å²) >= 11 is 6.64. The summed E-state index contributed by atoms with van der Waals surface area (Å²) in [6, 6.07) is 0. The maximum absolute atomic E-state index is 12.1. The molecule has 0 aromatic carbocycles. The summed E-state index contributed by atoms with van der Waals surface area (Å²) in [5.41, 5.74) is -0.536. The summed E-state index contributed by atoms with van der Waals surface area (Å²) < 4.78 is 27.1. The lowest BCUT2D eigenvalue weighted by atomic mass is 9.85. The molecule has 2 N–H and O–H groups in total. The minimum absolute atomic E-state index is 0.0459. The van der Waals surface area contributed by atoms with E-state index in [2.05, 4.69) is 9.71 Å². The third kappa shape index (κ3) is 3.66. The first kappa shape index (κ1) is 15.2. The summed E-state index contributed by atoms with van der Waals surface area (Å²) in [7, 11) is -3.65. The van der Waals surface area contributed by atoms with Gasteiger partial charge in [-0.25, -0.2) is 18.1 Å². The largest absolute Gasteiger partial charge is 0.389 e. The first-order chi connectivity index (χ1) is 8.82. The summed E-state index contributed by atoms with van der Waals surface area (Å²) in [5, 5.41) is 10.3. The number of sulfonamides is 1. The van der Waals surface area contributed by atoms with Crippen molar-refractivity contribution in [3.63, 3.8) is 0 Å². The second-order valence-electron chi connectivity index (χ2n) is 4.95. The third-order valence-corrected chi connectivity index (χ3v) is 6.62. The average molecular weight is 325 g/mol. The number of nitrogens with one attached hydrogen (secondary N) is 1. The average Bonchev–Trinajstić information content (AvgIpc) is 2.68. The topological polar surface area (TPSA) is 79.3 Å². The summed E-state index contributed by atoms with van der Waals surface area (Å²) in [6.45, 7) is 1.65. The molecule has 19 heavy (non-hydrogen) atoms. The van der Waals surface area contributed by atoms with Crippen LogP contribution in [0.15, 0.2) is 4.21 Å². The fraction of sp³-hybridized carbons (Fsp3) is 0.727. The Morgan fingerprint density at radius 2 is 2.05 bits per heavy atom. The molecular formula is C11H17ClN2O3S2. The predicted molar refractivity (Wildman–Crippen MR) is 75.1 cm³/mol. The number of nitrogens with zero attached hydrogens (tertiary/aromatic N) is 1. The summed E-state index contributed by atoms with van der Waals surface area (Å²) in [5.74, 6) is 0. The number of aromatic nitrogens is 1. The first-order valence-corrected chi connectivity index (χ1v) is 8.85. The fourth-order valence-electron chi connectivity index (χ4n) is 2.28. The van der Waals surface area contributed by atoms with Crippen LogP contribution in [0, 0.1) is 6.92 Å². The molecule has 1 fully saturated rings. The van der Waals surface area contributed by atoms with E-state index in [0.717, 1.165) is 30.6 Å². The molecule has 1 heterocycles. The van der Waals surface area contributed by atoms with Crippen LogP contribution in [0.1, 0.15) is 37.8 Å². The van der Waals surface area contributed by atoms with Gasteiger partial charge in [-0.3, -0.25) is 0 Å². The summed E-state index contributed by atoms with van der Waals surface area (Å²) in [4.78, 5) is 3.89. The molecule has 2 rings (SSSR count). The Balaban J connectivity index is 2.07. The van der Waals surface area contributed by atoms with E-state index in [4.69, 9.17) is 11.6 Å². The van der Waals surface area contributed by atoms with Gasteiger partial charge in [0.05, 0.1) is 11.3 Å². The zero-order chi connectivity index (χ0) is 14.1. The Labute approximate surface area is 122 Å². The number of hydrogen-bond donors (Lipinski definition) is 2. The van der Waals surface area contributed by atoms with E-state index >= 15 is 0 Å². The Bertz CT molecular complexity index is 550. The number of halogens is 1. The van der Waals surface area contributed by atoms with E-state index < -0.39 is 15.6 Å². The smallest absolute Gasteiger partial charge is 0.252 e. The molecule has 0 unspecified atom stereocenters. The second-order valence-corrected chi connectivity index (χ2v) is 8.49. The van der Waals surface area contributed by atoms with Crippen molar-refractivity contribution in [2.75, 3.05) is 6.54 Å². The maximum Gasteiger partial charge on any atom is 0.252 e. The fourth-order valence-corrected chi connectivity index (χ4v) is 5.18. The quantitative estimate of drug-likeness (QED) is 0.888. The van der Waals surface area contributed by atoms with Gasteiger partial charge in [0, 0.05) is 6.54 Å². The molecular weight excluding hydrogens is 308 g/mol. The van der Waals surface area contributed by atoms with Gasteiger partial charge in [0.15, 0.2) is 8.68 Å². The van der Waals surface area contributed by atoms with Crippen LogP contribution in [0.2, 0.25) is 4.47 Å². The first-order valence-electron chi connectivity index (χ1n) is 6.17. The van der Waals surface area contributed by atoms with Crippen LogP contribution in [0.3, 0.4) is 0 Å². The van der Waals surface area contributed by atoms with Crippen LogP contribution >= 0.6 is 22.9 Å². The van der Waals surface area contributed by atoms with Crippen LogP contribution in [0.5, 0.6) is 0 Å². The van der Waals surface area contributed by atoms with Crippen LogP contribution in [0.25, 0.3) is 0 Å². The SMILES string of the molecule is Cc1nc(Cl)sc1S(=O)(=O)NCC1(O)CCCCC1. The number of hydrogen-bond acceptors (Lipinski definition) is 5. The van der Waals surface area contributed by atoms with Crippen LogP contribution in [-0.4, -0.2) is 30.7 Å². The maximum atomic E-state index is 12.1. The van der Waals surface area contributed by atoms with Gasteiger partial charge in [-0.15, -0.1) is 0 Å². The molecule has 5 nitrogen and oxygen atoms in total. The van der Waals surface area contributed by atoms with Crippen molar-refractivity contribution in [1.82, 2.24) is 9.71 Å². The molecule has 0 atom stereocenters. The van der Waals surface area contributed by atoms with Crippen LogP contribution in [-0.2, 0) is 10.0 Å². The lowest BCUT2D eigenvalue weighted by Gasteiger charge is -2.31. The molecule has 0 saturated heterocycles. The molecule has 0 spiro atoms. The monoisotopic (exact) mass is 324 g/mol. The molecule has 0 bridgehead atoms. The van der Waals surface area contributed by atoms with Gasteiger partial charge < -0.3 is 5.11 Å². The lowest BCUT2D eigenvalue weighted by Crippen LogP contribution is -2.44. The molecule has 1 saturated carbocycles. The molecule has 1 aromatic rings. The molecule has 1 aromatic heterocycles. The highest BCUT2D eigenvalue weighted by Gasteiger charge is 2.31. The van der Waals surface area contributed by atoms with Crippen LogP contribution < -0.4 is 4.72 Å². The lowest BCUT2D eigenvalue weighted by molar-refractivity contribution is 0.00946. The van der Waals surface area contributed by atoms with Crippen LogP contribution in [0.4, 0.5) is 0 Å². The highest BCUT2D eigenvalue weighted by molar-refractivity contribution is 7.91. The van der Waals surface area contributed by atoms with Gasteiger partial charge in [0.25, 0.3) is 10.0 Å². The molecule has 0 radical (unpaired) electrons. The van der Waals surface area contributed by atoms with Crippen molar-refractivity contribution in [3.8, 4) is 0 Å². The normalized spacial score (nSPS) is 19.5. The van der Waals surface area contributed by atoms with Gasteiger partial charge >= 0.3 is 0 Å². The minimum Gasteiger partial charge on any atom is -0.389 e. The highest BCUT2D eigenvalue weighted by Crippen LogP contribution is 2.29. The van der Waals surface area contributed by atoms with E-state index in [9.17, 15) is 13.5 Å². The Kier molecular flexibility index (Phi) is 4.52. The van der Waals surface area contributed by atoms with Gasteiger partial charge in [0.1, 0.15) is 0 Å². The summed E-state index contributed by atoms with van der Waals surface area (Å²) in [6.07, 6.45) is 4.24. The van der Waals surface area contributed by atoms with E-state index in [-0.39, 0.29) is 15.2 Å². The highest BCUT2D eigenvalue weighted by atomic mass is 35.5. The Morgan fingerprint density at radius 1 is 1.42 bits per heavy atom. The van der Waals surface area contributed by atoms with Crippen molar-refractivity contribution >= 4 is 33.0 Å². The van der Waals surface area contributed by atoms with Crippen molar-refractivity contribution in [2.45, 2.75) is 48.8 Å². The van der Waals surface area contributed by atoms with Crippen molar-refractivity contribution in [1.29, 1.82) is 0 Å². The molecule has 8 heteroatoms. The van der Waals surface area contributed by atoms with Gasteiger partial charge in [-0.1, -0.05) is 42.2 Å². The number of rotatable bonds is 4. The Morgan fingerprint density at radius 3 is 2.58 bits per heavy atom. The molecule has 1 aliphatic rings. The zero-order valence-corrected chi connectivity index (χ0v) is 13.0. The van der Waals surface area contributed by atoms with Gasteiger partial charge in [-0.05, 0) is 19.8 Å². The molecule has 108 valence electrons. The van der Waals surface area contributed by atoms with Crippen molar-refractivity contribution in [2.24, 2.45) is 0 Å². The molecule has 0 aliphatic heterocycles. The van der Waals surface area contributed by atoms with Gasteiger partial charge in [0.2, 0.25) is 0 Å². The minimum atomic E-state index is -3.65. The van der Waals surface area contributed by atoms with Gasteiger partial charge in [-0.2, -0.15) is 0 Å². The number of aliphatic hydroxyl groups is 1. The molecule has 1 aliphatic carbocycles. The predicted octanol–water partition coefficient (Wildman–Crippen LogP) is 2.08. The van der Waals surface area contributed by atoms with E-state index in [1.165, 1.54) is 0 Å².